The van der Waals surface area contributed by atoms with E-state index in [9.17, 15) is 4.79 Å². The highest BCUT2D eigenvalue weighted by atomic mass is 127. The van der Waals surface area contributed by atoms with E-state index in [-0.39, 0.29) is 17.4 Å². The van der Waals surface area contributed by atoms with Crippen LogP contribution >= 0.6 is 22.6 Å². The van der Waals surface area contributed by atoms with Crippen LogP contribution in [-0.4, -0.2) is 24.0 Å². The summed E-state index contributed by atoms with van der Waals surface area (Å²) in [5.41, 5.74) is 1.60. The number of nitrogens with zero attached hydrogens (tertiary/aromatic N) is 1. The third kappa shape index (κ3) is 3.95. The maximum absolute atomic E-state index is 13.0. The molecule has 1 aliphatic heterocycles. The summed E-state index contributed by atoms with van der Waals surface area (Å²) >= 11 is 2.29. The van der Waals surface area contributed by atoms with Gasteiger partial charge in [-0.25, -0.2) is 0 Å². The van der Waals surface area contributed by atoms with Crippen LogP contribution in [0.5, 0.6) is 0 Å². The molecule has 0 saturated carbocycles. The second-order valence-corrected chi connectivity index (χ2v) is 7.77. The smallest absolute Gasteiger partial charge is 0.226 e. The van der Waals surface area contributed by atoms with Gasteiger partial charge in [0.2, 0.25) is 5.91 Å². The Balaban J connectivity index is 1.87. The van der Waals surface area contributed by atoms with E-state index in [0.29, 0.717) is 0 Å². The number of nitrogens with one attached hydrogen (secondary N) is 2. The largest absolute Gasteiger partial charge is 0.343 e. The molecule has 1 amide bonds. The van der Waals surface area contributed by atoms with Crippen molar-refractivity contribution >= 4 is 28.5 Å². The molecule has 1 aliphatic rings. The average Bonchev–Trinajstić information content (AvgIpc) is 2.62. The molecule has 1 atom stereocenters. The van der Waals surface area contributed by atoms with Crippen molar-refractivity contribution in [3.8, 4) is 0 Å². The zero-order valence-corrected chi connectivity index (χ0v) is 15.9. The number of hydrogen-bond donors (Lipinski definition) is 2. The molecule has 2 N–H and O–H groups in total. The lowest BCUT2D eigenvalue weighted by atomic mass is 9.80. The number of benzene rings is 1. The fraction of sp³-hybridized carbons (Fsp3) is 0.368. The van der Waals surface area contributed by atoms with Crippen molar-refractivity contribution in [3.63, 3.8) is 0 Å². The minimum Gasteiger partial charge on any atom is -0.343 e. The van der Waals surface area contributed by atoms with E-state index in [1.807, 2.05) is 18.2 Å². The topological polar surface area (TPSA) is 54.0 Å². The monoisotopic (exact) mass is 435 g/mol. The Labute approximate surface area is 156 Å². The summed E-state index contributed by atoms with van der Waals surface area (Å²) in [6, 6.07) is 13.8. The molecule has 2 heterocycles. The number of halogens is 1. The summed E-state index contributed by atoms with van der Waals surface area (Å²) in [6.07, 6.45) is 3.49. The number of carbonyl (C=O) groups is 1. The normalized spacial score (nSPS) is 17.9. The molecule has 0 spiro atoms. The summed E-state index contributed by atoms with van der Waals surface area (Å²) in [7, 11) is 0. The van der Waals surface area contributed by atoms with Gasteiger partial charge in [-0.3, -0.25) is 9.78 Å². The van der Waals surface area contributed by atoms with Gasteiger partial charge in [-0.2, -0.15) is 0 Å². The van der Waals surface area contributed by atoms with Crippen molar-refractivity contribution in [2.24, 2.45) is 5.41 Å². The van der Waals surface area contributed by atoms with Crippen LogP contribution in [0.4, 0.5) is 0 Å². The first-order valence-corrected chi connectivity index (χ1v) is 9.34. The Morgan fingerprint density at radius 1 is 1.21 bits per heavy atom. The van der Waals surface area contributed by atoms with Crippen molar-refractivity contribution in [1.82, 2.24) is 15.6 Å². The number of pyridine rings is 1. The lowest BCUT2D eigenvalue weighted by Crippen LogP contribution is -2.47. The van der Waals surface area contributed by atoms with Crippen LogP contribution in [0.2, 0.25) is 0 Å². The first-order valence-electron chi connectivity index (χ1n) is 8.27. The van der Waals surface area contributed by atoms with Gasteiger partial charge < -0.3 is 10.6 Å². The predicted octanol–water partition coefficient (Wildman–Crippen LogP) is 3.28. The summed E-state index contributed by atoms with van der Waals surface area (Å²) in [5.74, 6) is 0.109. The molecule has 0 bridgehead atoms. The molecule has 2 aromatic rings. The highest BCUT2D eigenvalue weighted by Gasteiger charge is 2.36. The molecule has 0 aliphatic carbocycles. The van der Waals surface area contributed by atoms with Gasteiger partial charge in [-0.1, -0.05) is 25.1 Å². The minimum atomic E-state index is -0.318. The van der Waals surface area contributed by atoms with Crippen molar-refractivity contribution in [3.05, 3.63) is 63.5 Å². The molecule has 3 rings (SSSR count). The second-order valence-electron chi connectivity index (χ2n) is 6.52. The van der Waals surface area contributed by atoms with Crippen LogP contribution in [0.25, 0.3) is 0 Å². The van der Waals surface area contributed by atoms with Gasteiger partial charge in [0.15, 0.2) is 0 Å². The Hall–Kier alpha value is -1.47. The Morgan fingerprint density at radius 2 is 1.92 bits per heavy atom. The Bertz CT molecular complexity index is 682. The summed E-state index contributed by atoms with van der Waals surface area (Å²) in [6.45, 7) is 3.84. The maximum atomic E-state index is 13.0. The summed E-state index contributed by atoms with van der Waals surface area (Å²) < 4.78 is 1.17. The van der Waals surface area contributed by atoms with E-state index in [0.717, 1.165) is 37.2 Å². The van der Waals surface area contributed by atoms with E-state index < -0.39 is 0 Å². The lowest BCUT2D eigenvalue weighted by molar-refractivity contribution is -0.132. The average molecular weight is 435 g/mol. The number of piperidine rings is 1. The highest BCUT2D eigenvalue weighted by molar-refractivity contribution is 14.1. The van der Waals surface area contributed by atoms with E-state index in [4.69, 9.17) is 0 Å². The number of rotatable bonds is 4. The molecule has 24 heavy (non-hydrogen) atoms. The summed E-state index contributed by atoms with van der Waals surface area (Å²) in [4.78, 5) is 17.4. The Kier molecular flexibility index (Phi) is 5.50. The van der Waals surface area contributed by atoms with Crippen molar-refractivity contribution in [2.45, 2.75) is 25.8 Å². The van der Waals surface area contributed by atoms with Crippen LogP contribution in [0.1, 0.15) is 37.1 Å². The molecular formula is C19H22IN3O. The standard InChI is InChI=1S/C19H22IN3O/c1-19(9-12-21-13-10-19)18(24)23-17(16-4-2-3-11-22-16)14-5-7-15(20)8-6-14/h2-8,11,17,21H,9-10,12-13H2,1H3,(H,23,24). The molecule has 126 valence electrons. The zero-order chi connectivity index (χ0) is 17.0. The highest BCUT2D eigenvalue weighted by Crippen LogP contribution is 2.30. The number of carbonyl (C=O) groups excluding carboxylic acids is 1. The van der Waals surface area contributed by atoms with Gasteiger partial charge in [-0.15, -0.1) is 0 Å². The van der Waals surface area contributed by atoms with Gasteiger partial charge in [0.1, 0.15) is 0 Å². The molecule has 1 unspecified atom stereocenters. The van der Waals surface area contributed by atoms with Crippen molar-refractivity contribution in [2.75, 3.05) is 13.1 Å². The molecule has 5 heteroatoms. The molecule has 1 fully saturated rings. The number of hydrogen-bond acceptors (Lipinski definition) is 3. The van der Waals surface area contributed by atoms with E-state index in [1.165, 1.54) is 3.57 Å². The fourth-order valence-corrected chi connectivity index (χ4v) is 3.40. The molecule has 4 nitrogen and oxygen atoms in total. The molecular weight excluding hydrogens is 413 g/mol. The Morgan fingerprint density at radius 3 is 2.54 bits per heavy atom. The van der Waals surface area contributed by atoms with E-state index in [1.54, 1.807) is 6.20 Å². The SMILES string of the molecule is CC1(C(=O)NC(c2ccc(I)cc2)c2ccccn2)CCNCC1. The molecule has 1 aromatic heterocycles. The second kappa shape index (κ2) is 7.61. The molecule has 1 saturated heterocycles. The lowest BCUT2D eigenvalue weighted by Gasteiger charge is -2.34. The number of aromatic nitrogens is 1. The summed E-state index contributed by atoms with van der Waals surface area (Å²) in [5, 5.41) is 6.57. The first-order chi connectivity index (χ1) is 11.6. The maximum Gasteiger partial charge on any atom is 0.226 e. The van der Waals surface area contributed by atoms with Crippen LogP contribution in [-0.2, 0) is 4.79 Å². The third-order valence-electron chi connectivity index (χ3n) is 4.72. The van der Waals surface area contributed by atoms with E-state index >= 15 is 0 Å². The fourth-order valence-electron chi connectivity index (χ4n) is 3.04. The van der Waals surface area contributed by atoms with Gasteiger partial charge in [0.25, 0.3) is 0 Å². The predicted molar refractivity (Wildman–Crippen MR) is 104 cm³/mol. The minimum absolute atomic E-state index is 0.109. The van der Waals surface area contributed by atoms with Gasteiger partial charge in [0, 0.05) is 15.2 Å². The first kappa shape index (κ1) is 17.4. The van der Waals surface area contributed by atoms with Crippen molar-refractivity contribution < 1.29 is 4.79 Å². The molecule has 1 aromatic carbocycles. The quantitative estimate of drug-likeness (QED) is 0.725. The number of amides is 1. The van der Waals surface area contributed by atoms with Gasteiger partial charge in [0.05, 0.1) is 11.7 Å². The van der Waals surface area contributed by atoms with E-state index in [2.05, 4.69) is 69.4 Å². The molecule has 0 radical (unpaired) electrons. The van der Waals surface area contributed by atoms with Crippen LogP contribution in [0.3, 0.4) is 0 Å². The van der Waals surface area contributed by atoms with Crippen LogP contribution < -0.4 is 10.6 Å². The van der Waals surface area contributed by atoms with Crippen LogP contribution in [0, 0.1) is 8.99 Å². The van der Waals surface area contributed by atoms with Crippen molar-refractivity contribution in [1.29, 1.82) is 0 Å². The van der Waals surface area contributed by atoms with Gasteiger partial charge >= 0.3 is 0 Å². The zero-order valence-electron chi connectivity index (χ0n) is 13.8. The van der Waals surface area contributed by atoms with Gasteiger partial charge in [-0.05, 0) is 78.4 Å². The third-order valence-corrected chi connectivity index (χ3v) is 5.44. The van der Waals surface area contributed by atoms with Crippen LogP contribution in [0.15, 0.2) is 48.7 Å².